The van der Waals surface area contributed by atoms with Gasteiger partial charge in [-0.15, -0.1) is 0 Å². The Morgan fingerprint density at radius 2 is 2.03 bits per heavy atom. The van der Waals surface area contributed by atoms with Crippen LogP contribution in [0.4, 0.5) is 0 Å². The van der Waals surface area contributed by atoms with Crippen molar-refractivity contribution in [1.29, 1.82) is 0 Å². The van der Waals surface area contributed by atoms with E-state index in [-0.39, 0.29) is 5.69 Å². The molecule has 0 bridgehead atoms. The number of H-pyrrole nitrogens is 1. The first-order chi connectivity index (χ1) is 14.0. The zero-order valence-electron chi connectivity index (χ0n) is 17.2. The number of benzene rings is 2. The SMILES string of the molecule is COc1cc2c(C)cc3n[nH]c(=O)n3c2cc1-c1cccc(CNCC(C)C)c1. The van der Waals surface area contributed by atoms with Crippen LogP contribution in [0.15, 0.2) is 47.3 Å². The van der Waals surface area contributed by atoms with Crippen LogP contribution in [0.1, 0.15) is 25.0 Å². The highest BCUT2D eigenvalue weighted by Gasteiger charge is 2.14. The quantitative estimate of drug-likeness (QED) is 0.524. The first-order valence-electron chi connectivity index (χ1n) is 9.86. The summed E-state index contributed by atoms with van der Waals surface area (Å²) >= 11 is 0. The maximum absolute atomic E-state index is 12.3. The van der Waals surface area contributed by atoms with E-state index in [9.17, 15) is 4.79 Å². The van der Waals surface area contributed by atoms with Crippen LogP contribution < -0.4 is 15.7 Å². The molecule has 0 radical (unpaired) electrons. The van der Waals surface area contributed by atoms with Gasteiger partial charge in [0.2, 0.25) is 0 Å². The van der Waals surface area contributed by atoms with Gasteiger partial charge in [-0.2, -0.15) is 5.10 Å². The molecule has 2 aromatic heterocycles. The second-order valence-electron chi connectivity index (χ2n) is 7.84. The fraction of sp³-hybridized carbons (Fsp3) is 0.304. The van der Waals surface area contributed by atoms with E-state index in [1.807, 2.05) is 25.1 Å². The first kappa shape index (κ1) is 19.2. The maximum atomic E-state index is 12.3. The summed E-state index contributed by atoms with van der Waals surface area (Å²) in [5.41, 5.74) is 5.45. The molecule has 0 saturated carbocycles. The molecular weight excluding hydrogens is 364 g/mol. The third-order valence-electron chi connectivity index (χ3n) is 5.15. The summed E-state index contributed by atoms with van der Waals surface area (Å²) in [6, 6.07) is 14.3. The number of nitrogens with one attached hydrogen (secondary N) is 2. The molecule has 2 heterocycles. The highest BCUT2D eigenvalue weighted by Crippen LogP contribution is 2.35. The van der Waals surface area contributed by atoms with Gasteiger partial charge in [-0.25, -0.2) is 14.3 Å². The average molecular weight is 390 g/mol. The van der Waals surface area contributed by atoms with E-state index in [1.165, 1.54) is 5.56 Å². The molecule has 4 aromatic rings. The lowest BCUT2D eigenvalue weighted by Gasteiger charge is -2.14. The molecule has 0 fully saturated rings. The number of fused-ring (bicyclic) bond motifs is 3. The van der Waals surface area contributed by atoms with Crippen LogP contribution in [-0.2, 0) is 6.54 Å². The zero-order chi connectivity index (χ0) is 20.5. The number of aryl methyl sites for hydroxylation is 1. The van der Waals surface area contributed by atoms with Crippen molar-refractivity contribution in [1.82, 2.24) is 19.9 Å². The van der Waals surface area contributed by atoms with Gasteiger partial charge >= 0.3 is 5.69 Å². The van der Waals surface area contributed by atoms with Gasteiger partial charge in [0.15, 0.2) is 5.65 Å². The second kappa shape index (κ2) is 7.72. The molecule has 0 aliphatic heterocycles. The van der Waals surface area contributed by atoms with Crippen LogP contribution in [0.5, 0.6) is 5.75 Å². The van der Waals surface area contributed by atoms with E-state index in [0.717, 1.165) is 46.4 Å². The van der Waals surface area contributed by atoms with E-state index >= 15 is 0 Å². The number of rotatable bonds is 6. The Morgan fingerprint density at radius 3 is 2.79 bits per heavy atom. The molecule has 2 N–H and O–H groups in total. The van der Waals surface area contributed by atoms with E-state index in [1.54, 1.807) is 11.5 Å². The smallest absolute Gasteiger partial charge is 0.348 e. The fourth-order valence-corrected chi connectivity index (χ4v) is 3.73. The highest BCUT2D eigenvalue weighted by molar-refractivity contribution is 5.92. The summed E-state index contributed by atoms with van der Waals surface area (Å²) in [7, 11) is 1.68. The summed E-state index contributed by atoms with van der Waals surface area (Å²) in [6.45, 7) is 8.20. The number of pyridine rings is 1. The van der Waals surface area contributed by atoms with Gasteiger partial charge in [0, 0.05) is 17.5 Å². The Labute approximate surface area is 169 Å². The van der Waals surface area contributed by atoms with Crippen LogP contribution >= 0.6 is 0 Å². The molecular formula is C23H26N4O2. The summed E-state index contributed by atoms with van der Waals surface area (Å²) < 4.78 is 7.32. The van der Waals surface area contributed by atoms with Gasteiger partial charge in [0.1, 0.15) is 5.75 Å². The minimum atomic E-state index is -0.243. The molecule has 0 spiro atoms. The van der Waals surface area contributed by atoms with Crippen LogP contribution in [-0.4, -0.2) is 28.3 Å². The minimum Gasteiger partial charge on any atom is -0.496 e. The molecule has 0 aliphatic rings. The Morgan fingerprint density at radius 1 is 1.21 bits per heavy atom. The lowest BCUT2D eigenvalue weighted by Crippen LogP contribution is -2.18. The van der Waals surface area contributed by atoms with Crippen molar-refractivity contribution in [2.45, 2.75) is 27.3 Å². The Kier molecular flexibility index (Phi) is 5.11. The van der Waals surface area contributed by atoms with Gasteiger partial charge in [0.25, 0.3) is 0 Å². The molecule has 0 aliphatic carbocycles. The van der Waals surface area contributed by atoms with Gasteiger partial charge in [-0.1, -0.05) is 32.0 Å². The highest BCUT2D eigenvalue weighted by atomic mass is 16.5. The van der Waals surface area contributed by atoms with Crippen molar-refractivity contribution < 1.29 is 4.74 Å². The van der Waals surface area contributed by atoms with Gasteiger partial charge in [-0.3, -0.25) is 0 Å². The number of hydrogen-bond donors (Lipinski definition) is 2. The minimum absolute atomic E-state index is 0.243. The van der Waals surface area contributed by atoms with Crippen molar-refractivity contribution in [2.75, 3.05) is 13.7 Å². The molecule has 2 aromatic carbocycles. The molecule has 6 nitrogen and oxygen atoms in total. The second-order valence-corrected chi connectivity index (χ2v) is 7.84. The summed E-state index contributed by atoms with van der Waals surface area (Å²) in [6.07, 6.45) is 0. The Hall–Kier alpha value is -3.12. The van der Waals surface area contributed by atoms with Crippen molar-refractivity contribution in [3.05, 3.63) is 64.1 Å². The van der Waals surface area contributed by atoms with E-state index in [2.05, 4.69) is 53.6 Å². The Balaban J connectivity index is 1.86. The topological polar surface area (TPSA) is 71.4 Å². The molecule has 29 heavy (non-hydrogen) atoms. The van der Waals surface area contributed by atoms with Gasteiger partial charge in [0.05, 0.1) is 12.6 Å². The van der Waals surface area contributed by atoms with E-state index in [4.69, 9.17) is 4.74 Å². The van der Waals surface area contributed by atoms with Crippen molar-refractivity contribution >= 4 is 16.6 Å². The largest absolute Gasteiger partial charge is 0.496 e. The lowest BCUT2D eigenvalue weighted by atomic mass is 9.98. The monoisotopic (exact) mass is 390 g/mol. The van der Waals surface area contributed by atoms with Crippen LogP contribution in [0.2, 0.25) is 0 Å². The van der Waals surface area contributed by atoms with Gasteiger partial charge < -0.3 is 10.1 Å². The molecule has 0 atom stereocenters. The third-order valence-corrected chi connectivity index (χ3v) is 5.15. The van der Waals surface area contributed by atoms with Crippen molar-refractivity contribution in [3.8, 4) is 16.9 Å². The zero-order valence-corrected chi connectivity index (χ0v) is 17.2. The third kappa shape index (κ3) is 3.63. The standard InChI is InChI=1S/C23H26N4O2/c1-14(2)12-24-13-16-6-5-7-17(9-16)19-10-20-18(11-21(19)29-4)15(3)8-22-25-26-23(28)27(20)22/h5-11,14,24H,12-13H2,1-4H3,(H,26,28). The number of methoxy groups -OCH3 is 1. The lowest BCUT2D eigenvalue weighted by molar-refractivity contribution is 0.417. The van der Waals surface area contributed by atoms with Crippen LogP contribution in [0.3, 0.4) is 0 Å². The molecule has 0 saturated heterocycles. The molecule has 4 rings (SSSR count). The van der Waals surface area contributed by atoms with E-state index in [0.29, 0.717) is 11.6 Å². The molecule has 0 amide bonds. The van der Waals surface area contributed by atoms with E-state index < -0.39 is 0 Å². The van der Waals surface area contributed by atoms with Crippen LogP contribution in [0.25, 0.3) is 27.7 Å². The average Bonchev–Trinajstić information content (AvgIpc) is 3.07. The molecule has 0 unspecified atom stereocenters. The summed E-state index contributed by atoms with van der Waals surface area (Å²) in [5.74, 6) is 1.39. The number of aromatic nitrogens is 3. The summed E-state index contributed by atoms with van der Waals surface area (Å²) in [4.78, 5) is 12.3. The predicted octanol–water partition coefficient (Wildman–Crippen LogP) is 3.91. The van der Waals surface area contributed by atoms with Crippen molar-refractivity contribution in [2.24, 2.45) is 5.92 Å². The fourth-order valence-electron chi connectivity index (χ4n) is 3.73. The van der Waals surface area contributed by atoms with Gasteiger partial charge in [-0.05, 0) is 60.3 Å². The molecule has 150 valence electrons. The summed E-state index contributed by atoms with van der Waals surface area (Å²) in [5, 5.41) is 11.1. The number of aromatic amines is 1. The normalized spacial score (nSPS) is 11.6. The number of nitrogens with zero attached hydrogens (tertiary/aromatic N) is 2. The Bertz CT molecular complexity index is 1240. The molecule has 6 heteroatoms. The number of ether oxygens (including phenoxy) is 1. The number of hydrogen-bond acceptors (Lipinski definition) is 4. The predicted molar refractivity (Wildman–Crippen MR) is 117 cm³/mol. The van der Waals surface area contributed by atoms with Crippen LogP contribution in [0, 0.1) is 12.8 Å². The van der Waals surface area contributed by atoms with Crippen molar-refractivity contribution in [3.63, 3.8) is 0 Å². The first-order valence-corrected chi connectivity index (χ1v) is 9.86. The maximum Gasteiger partial charge on any atom is 0.348 e.